The van der Waals surface area contributed by atoms with Crippen LogP contribution in [0.5, 0.6) is 0 Å². The highest BCUT2D eigenvalue weighted by Crippen LogP contribution is 2.32. The second-order valence-electron chi connectivity index (χ2n) is 5.62. The zero-order valence-corrected chi connectivity index (χ0v) is 13.1. The van der Waals surface area contributed by atoms with Crippen molar-refractivity contribution in [1.82, 2.24) is 4.72 Å². The Morgan fingerprint density at radius 1 is 1.30 bits per heavy atom. The van der Waals surface area contributed by atoms with Gasteiger partial charge in [0, 0.05) is 18.8 Å². The van der Waals surface area contributed by atoms with Crippen LogP contribution in [-0.4, -0.2) is 28.6 Å². The fourth-order valence-electron chi connectivity index (χ4n) is 2.60. The van der Waals surface area contributed by atoms with Gasteiger partial charge in [-0.15, -0.1) is 0 Å². The van der Waals surface area contributed by atoms with Gasteiger partial charge in [0.25, 0.3) is 0 Å². The van der Waals surface area contributed by atoms with Crippen molar-refractivity contribution in [3.05, 3.63) is 18.2 Å². The average molecular weight is 297 g/mol. The molecular weight excluding hydrogens is 274 g/mol. The molecule has 0 spiro atoms. The zero-order chi connectivity index (χ0) is 14.9. The third-order valence-electron chi connectivity index (χ3n) is 4.22. The highest BCUT2D eigenvalue weighted by Gasteiger charge is 2.27. The monoisotopic (exact) mass is 297 g/mol. The van der Waals surface area contributed by atoms with Crippen molar-refractivity contribution in [2.24, 2.45) is 11.8 Å². The smallest absolute Gasteiger partial charge is 0.242 e. The first-order valence-electron chi connectivity index (χ1n) is 6.93. The van der Waals surface area contributed by atoms with Crippen molar-refractivity contribution >= 4 is 21.4 Å². The molecule has 112 valence electrons. The van der Waals surface area contributed by atoms with E-state index in [-0.39, 0.29) is 4.90 Å². The standard InChI is InChI=1S/C14H23N3O2S/c1-10-6-7-17(9-11(10)2)13-5-4-12(15)8-14(13)20(18,19)16-3/h4-5,8,10-11,16H,6-7,9,15H2,1-3H3. The van der Waals surface area contributed by atoms with E-state index in [4.69, 9.17) is 5.73 Å². The quantitative estimate of drug-likeness (QED) is 0.832. The zero-order valence-electron chi connectivity index (χ0n) is 12.3. The van der Waals surface area contributed by atoms with E-state index in [1.165, 1.54) is 13.1 Å². The molecule has 1 fully saturated rings. The van der Waals surface area contributed by atoms with Gasteiger partial charge in [-0.05, 0) is 43.5 Å². The third kappa shape index (κ3) is 2.91. The fourth-order valence-corrected chi connectivity index (χ4v) is 3.58. The summed E-state index contributed by atoms with van der Waals surface area (Å²) in [5, 5.41) is 0. The fraction of sp³-hybridized carbons (Fsp3) is 0.571. The van der Waals surface area contributed by atoms with Gasteiger partial charge < -0.3 is 10.6 Å². The largest absolute Gasteiger partial charge is 0.399 e. The number of sulfonamides is 1. The lowest BCUT2D eigenvalue weighted by atomic mass is 9.88. The summed E-state index contributed by atoms with van der Waals surface area (Å²) in [5.41, 5.74) is 6.95. The number of nitrogens with two attached hydrogens (primary N) is 1. The topological polar surface area (TPSA) is 75.4 Å². The Balaban J connectivity index is 2.42. The van der Waals surface area contributed by atoms with Gasteiger partial charge in [0.05, 0.1) is 5.69 Å². The van der Waals surface area contributed by atoms with Crippen LogP contribution in [0.1, 0.15) is 20.3 Å². The van der Waals surface area contributed by atoms with Crippen LogP contribution in [0.25, 0.3) is 0 Å². The summed E-state index contributed by atoms with van der Waals surface area (Å²) in [6, 6.07) is 5.10. The molecular formula is C14H23N3O2S. The number of benzene rings is 1. The van der Waals surface area contributed by atoms with E-state index in [0.717, 1.165) is 25.2 Å². The minimum Gasteiger partial charge on any atom is -0.399 e. The molecule has 1 heterocycles. The van der Waals surface area contributed by atoms with Gasteiger partial charge in [-0.1, -0.05) is 13.8 Å². The van der Waals surface area contributed by atoms with E-state index < -0.39 is 10.0 Å². The Kier molecular flexibility index (Phi) is 4.25. The van der Waals surface area contributed by atoms with Crippen LogP contribution in [0.2, 0.25) is 0 Å². The van der Waals surface area contributed by atoms with Crippen LogP contribution < -0.4 is 15.4 Å². The number of piperidine rings is 1. The Morgan fingerprint density at radius 2 is 2.00 bits per heavy atom. The Morgan fingerprint density at radius 3 is 2.60 bits per heavy atom. The van der Waals surface area contributed by atoms with Crippen molar-refractivity contribution in [2.45, 2.75) is 25.2 Å². The normalized spacial score (nSPS) is 23.9. The van der Waals surface area contributed by atoms with E-state index in [1.54, 1.807) is 6.07 Å². The Labute approximate surface area is 121 Å². The summed E-state index contributed by atoms with van der Waals surface area (Å²) in [6.07, 6.45) is 1.07. The minimum absolute atomic E-state index is 0.266. The molecule has 3 N–H and O–H groups in total. The molecule has 0 bridgehead atoms. The second-order valence-corrected chi connectivity index (χ2v) is 7.48. The van der Waals surface area contributed by atoms with Gasteiger partial charge in [0.1, 0.15) is 4.90 Å². The van der Waals surface area contributed by atoms with Crippen LogP contribution >= 0.6 is 0 Å². The van der Waals surface area contributed by atoms with Crippen LogP contribution in [0.4, 0.5) is 11.4 Å². The van der Waals surface area contributed by atoms with Crippen molar-refractivity contribution in [3.8, 4) is 0 Å². The van der Waals surface area contributed by atoms with Crippen LogP contribution in [0, 0.1) is 11.8 Å². The lowest BCUT2D eigenvalue weighted by Crippen LogP contribution is -2.39. The van der Waals surface area contributed by atoms with E-state index in [0.29, 0.717) is 17.5 Å². The molecule has 0 aliphatic carbocycles. The van der Waals surface area contributed by atoms with Gasteiger partial charge in [-0.25, -0.2) is 13.1 Å². The molecule has 1 aromatic carbocycles. The molecule has 1 aliphatic rings. The van der Waals surface area contributed by atoms with E-state index in [2.05, 4.69) is 23.5 Å². The Bertz CT molecular complexity index is 586. The highest BCUT2D eigenvalue weighted by molar-refractivity contribution is 7.89. The molecule has 0 amide bonds. The number of hydrogen-bond donors (Lipinski definition) is 2. The summed E-state index contributed by atoms with van der Waals surface area (Å²) in [7, 11) is -2.08. The Hall–Kier alpha value is -1.27. The molecule has 6 heteroatoms. The SMILES string of the molecule is CNS(=O)(=O)c1cc(N)ccc1N1CCC(C)C(C)C1. The van der Waals surface area contributed by atoms with E-state index in [1.807, 2.05) is 6.07 Å². The van der Waals surface area contributed by atoms with Gasteiger partial charge >= 0.3 is 0 Å². The molecule has 1 aliphatic heterocycles. The van der Waals surface area contributed by atoms with Gasteiger partial charge in [0.2, 0.25) is 10.0 Å². The third-order valence-corrected chi connectivity index (χ3v) is 5.66. The molecule has 2 unspecified atom stereocenters. The van der Waals surface area contributed by atoms with Crippen LogP contribution in [0.15, 0.2) is 23.1 Å². The molecule has 2 atom stereocenters. The lowest BCUT2D eigenvalue weighted by Gasteiger charge is -2.37. The number of nitrogen functional groups attached to an aromatic ring is 1. The molecule has 0 aromatic heterocycles. The first-order valence-corrected chi connectivity index (χ1v) is 8.41. The summed E-state index contributed by atoms with van der Waals surface area (Å²) < 4.78 is 26.7. The molecule has 0 saturated carbocycles. The summed E-state index contributed by atoms with van der Waals surface area (Å²) >= 11 is 0. The number of hydrogen-bond acceptors (Lipinski definition) is 4. The maximum Gasteiger partial charge on any atom is 0.242 e. The average Bonchev–Trinajstić information content (AvgIpc) is 2.42. The lowest BCUT2D eigenvalue weighted by molar-refractivity contribution is 0.323. The first-order chi connectivity index (χ1) is 9.35. The predicted octanol–water partition coefficient (Wildman–Crippen LogP) is 1.66. The highest BCUT2D eigenvalue weighted by atomic mass is 32.2. The van der Waals surface area contributed by atoms with Crippen molar-refractivity contribution in [2.75, 3.05) is 30.8 Å². The second kappa shape index (κ2) is 5.61. The predicted molar refractivity (Wildman–Crippen MR) is 82.3 cm³/mol. The number of anilines is 2. The van der Waals surface area contributed by atoms with Gasteiger partial charge in [-0.3, -0.25) is 0 Å². The molecule has 2 rings (SSSR count). The summed E-state index contributed by atoms with van der Waals surface area (Å²) in [5.74, 6) is 1.22. The van der Waals surface area contributed by atoms with E-state index >= 15 is 0 Å². The molecule has 5 nitrogen and oxygen atoms in total. The number of rotatable bonds is 3. The minimum atomic E-state index is -3.50. The molecule has 1 aromatic rings. The van der Waals surface area contributed by atoms with E-state index in [9.17, 15) is 8.42 Å². The first kappa shape index (κ1) is 15.1. The van der Waals surface area contributed by atoms with Gasteiger partial charge in [0.15, 0.2) is 0 Å². The van der Waals surface area contributed by atoms with Crippen LogP contribution in [-0.2, 0) is 10.0 Å². The van der Waals surface area contributed by atoms with Crippen molar-refractivity contribution in [3.63, 3.8) is 0 Å². The maximum absolute atomic E-state index is 12.2. The summed E-state index contributed by atoms with van der Waals surface area (Å²) in [6.45, 7) is 6.20. The van der Waals surface area contributed by atoms with Crippen molar-refractivity contribution < 1.29 is 8.42 Å². The maximum atomic E-state index is 12.2. The number of nitrogens with zero attached hydrogens (tertiary/aromatic N) is 1. The number of nitrogens with one attached hydrogen (secondary N) is 1. The summed E-state index contributed by atoms with van der Waals surface area (Å²) in [4.78, 5) is 2.41. The molecule has 1 saturated heterocycles. The van der Waals surface area contributed by atoms with Crippen LogP contribution in [0.3, 0.4) is 0 Å². The van der Waals surface area contributed by atoms with Gasteiger partial charge in [-0.2, -0.15) is 0 Å². The molecule has 20 heavy (non-hydrogen) atoms. The van der Waals surface area contributed by atoms with Crippen molar-refractivity contribution in [1.29, 1.82) is 0 Å². The molecule has 0 radical (unpaired) electrons.